The van der Waals surface area contributed by atoms with Gasteiger partial charge in [0.15, 0.2) is 21.3 Å². The SMILES string of the molecule is Cc1ccc(Nc2cc(Nc3ccc(Cl)cc3S(C)(=O)=O)c3nc(C)n(C4CCCCO4)c3n2)nn1. The number of fused-ring (bicyclic) bond motifs is 1. The molecule has 4 aromatic rings. The molecule has 12 heteroatoms. The number of imidazole rings is 1. The van der Waals surface area contributed by atoms with E-state index in [1.807, 2.05) is 30.5 Å². The first-order valence-electron chi connectivity index (χ1n) is 11.5. The van der Waals surface area contributed by atoms with Crippen LogP contribution in [0.2, 0.25) is 5.02 Å². The molecule has 1 aromatic carbocycles. The van der Waals surface area contributed by atoms with E-state index in [-0.39, 0.29) is 11.1 Å². The first-order valence-corrected chi connectivity index (χ1v) is 13.8. The standard InChI is InChI=1S/C24H26ClN7O3S/c1-14-7-10-20(31-30-14)28-21-13-18(27-17-9-8-16(25)12-19(17)36(3,33)34)23-24(29-21)32(15(2)26-23)22-6-4-5-11-35-22/h7-10,12-13,22H,4-6,11H2,1-3H3,(H2,27,28,29,31). The van der Waals surface area contributed by atoms with Gasteiger partial charge in [-0.15, -0.1) is 5.10 Å². The van der Waals surface area contributed by atoms with Crippen molar-refractivity contribution in [2.24, 2.45) is 0 Å². The monoisotopic (exact) mass is 527 g/mol. The Morgan fingerprint density at radius 3 is 2.53 bits per heavy atom. The molecular formula is C24H26ClN7O3S. The zero-order chi connectivity index (χ0) is 25.4. The third kappa shape index (κ3) is 4.99. The zero-order valence-electron chi connectivity index (χ0n) is 20.1. The van der Waals surface area contributed by atoms with Gasteiger partial charge in [-0.3, -0.25) is 4.57 Å². The van der Waals surface area contributed by atoms with Crippen LogP contribution in [0.3, 0.4) is 0 Å². The highest BCUT2D eigenvalue weighted by molar-refractivity contribution is 7.90. The van der Waals surface area contributed by atoms with Crippen LogP contribution < -0.4 is 10.6 Å². The van der Waals surface area contributed by atoms with Gasteiger partial charge in [-0.05, 0) is 63.4 Å². The Kier molecular flexibility index (Phi) is 6.54. The molecule has 0 radical (unpaired) electrons. The molecule has 0 amide bonds. The number of halogens is 1. The van der Waals surface area contributed by atoms with Crippen molar-refractivity contribution >= 4 is 55.6 Å². The minimum Gasteiger partial charge on any atom is -0.358 e. The predicted molar refractivity (Wildman–Crippen MR) is 139 cm³/mol. The van der Waals surface area contributed by atoms with Crippen molar-refractivity contribution in [2.45, 2.75) is 44.2 Å². The van der Waals surface area contributed by atoms with Crippen LogP contribution in [0.5, 0.6) is 0 Å². The summed E-state index contributed by atoms with van der Waals surface area (Å²) < 4.78 is 33.0. The molecule has 188 valence electrons. The molecular weight excluding hydrogens is 502 g/mol. The molecule has 5 rings (SSSR count). The molecule has 10 nitrogen and oxygen atoms in total. The van der Waals surface area contributed by atoms with E-state index >= 15 is 0 Å². The van der Waals surface area contributed by atoms with Crippen molar-refractivity contribution in [1.82, 2.24) is 24.7 Å². The van der Waals surface area contributed by atoms with E-state index in [0.29, 0.717) is 45.8 Å². The van der Waals surface area contributed by atoms with Crippen molar-refractivity contribution in [3.8, 4) is 0 Å². The molecule has 1 atom stereocenters. The number of hydrogen-bond acceptors (Lipinski definition) is 9. The molecule has 1 unspecified atom stereocenters. The molecule has 1 fully saturated rings. The van der Waals surface area contributed by atoms with Gasteiger partial charge >= 0.3 is 0 Å². The van der Waals surface area contributed by atoms with Gasteiger partial charge in [-0.25, -0.2) is 18.4 Å². The van der Waals surface area contributed by atoms with Crippen LogP contribution in [0.1, 0.15) is 37.0 Å². The van der Waals surface area contributed by atoms with Crippen LogP contribution in [-0.2, 0) is 14.6 Å². The van der Waals surface area contributed by atoms with Gasteiger partial charge < -0.3 is 15.4 Å². The maximum Gasteiger partial charge on any atom is 0.177 e. The Hall–Kier alpha value is -3.28. The van der Waals surface area contributed by atoms with Gasteiger partial charge in [0.05, 0.1) is 22.0 Å². The highest BCUT2D eigenvalue weighted by atomic mass is 35.5. The highest BCUT2D eigenvalue weighted by Crippen LogP contribution is 2.35. The quantitative estimate of drug-likeness (QED) is 0.353. The number of benzene rings is 1. The Morgan fingerprint density at radius 1 is 1.00 bits per heavy atom. The van der Waals surface area contributed by atoms with E-state index in [0.717, 1.165) is 37.0 Å². The van der Waals surface area contributed by atoms with Crippen LogP contribution in [-0.4, -0.2) is 46.0 Å². The van der Waals surface area contributed by atoms with E-state index in [9.17, 15) is 8.42 Å². The fourth-order valence-electron chi connectivity index (χ4n) is 4.25. The normalized spacial score (nSPS) is 16.3. The van der Waals surface area contributed by atoms with Crippen LogP contribution in [0.25, 0.3) is 11.2 Å². The number of aryl methyl sites for hydroxylation is 2. The molecule has 3 aromatic heterocycles. The van der Waals surface area contributed by atoms with Crippen molar-refractivity contribution in [2.75, 3.05) is 23.5 Å². The first kappa shape index (κ1) is 24.4. The molecule has 1 aliphatic rings. The maximum absolute atomic E-state index is 12.5. The first-order chi connectivity index (χ1) is 17.2. The van der Waals surface area contributed by atoms with Crippen LogP contribution >= 0.6 is 11.6 Å². The number of ether oxygens (including phenoxy) is 1. The van der Waals surface area contributed by atoms with Gasteiger partial charge in [0.25, 0.3) is 0 Å². The highest BCUT2D eigenvalue weighted by Gasteiger charge is 2.24. The summed E-state index contributed by atoms with van der Waals surface area (Å²) in [7, 11) is -3.55. The molecule has 36 heavy (non-hydrogen) atoms. The third-order valence-electron chi connectivity index (χ3n) is 5.93. The largest absolute Gasteiger partial charge is 0.358 e. The summed E-state index contributed by atoms with van der Waals surface area (Å²) in [6, 6.07) is 10.1. The number of anilines is 4. The second kappa shape index (κ2) is 9.64. The van der Waals surface area contributed by atoms with Crippen molar-refractivity contribution in [3.63, 3.8) is 0 Å². The number of rotatable bonds is 6. The molecule has 0 bridgehead atoms. The van der Waals surface area contributed by atoms with E-state index in [2.05, 4.69) is 20.8 Å². The molecule has 1 saturated heterocycles. The second-order valence-corrected chi connectivity index (χ2v) is 11.2. The fraction of sp³-hybridized carbons (Fsp3) is 0.333. The van der Waals surface area contributed by atoms with E-state index in [4.69, 9.17) is 26.3 Å². The molecule has 0 aliphatic carbocycles. The van der Waals surface area contributed by atoms with Crippen LogP contribution in [0, 0.1) is 13.8 Å². The Labute approximate surface area is 214 Å². The lowest BCUT2D eigenvalue weighted by Gasteiger charge is -2.25. The topological polar surface area (TPSA) is 124 Å². The van der Waals surface area contributed by atoms with Crippen molar-refractivity contribution < 1.29 is 13.2 Å². The zero-order valence-corrected chi connectivity index (χ0v) is 21.7. The van der Waals surface area contributed by atoms with Gasteiger partial charge in [-0.1, -0.05) is 11.6 Å². The minimum atomic E-state index is -3.55. The Bertz CT molecular complexity index is 1530. The molecule has 4 heterocycles. The summed E-state index contributed by atoms with van der Waals surface area (Å²) in [4.78, 5) is 9.71. The third-order valence-corrected chi connectivity index (χ3v) is 7.31. The summed E-state index contributed by atoms with van der Waals surface area (Å²) in [5.41, 5.74) is 2.97. The minimum absolute atomic E-state index is 0.0886. The number of nitrogens with one attached hydrogen (secondary N) is 2. The summed E-state index contributed by atoms with van der Waals surface area (Å²) in [5, 5.41) is 15.1. The fourth-order valence-corrected chi connectivity index (χ4v) is 5.35. The number of pyridine rings is 1. The molecule has 0 spiro atoms. The van der Waals surface area contributed by atoms with Gasteiger partial charge in [0.2, 0.25) is 0 Å². The molecule has 2 N–H and O–H groups in total. The number of hydrogen-bond donors (Lipinski definition) is 2. The van der Waals surface area contributed by atoms with E-state index < -0.39 is 9.84 Å². The summed E-state index contributed by atoms with van der Waals surface area (Å²) >= 11 is 6.10. The number of nitrogens with zero attached hydrogens (tertiary/aromatic N) is 5. The second-order valence-electron chi connectivity index (χ2n) is 8.80. The van der Waals surface area contributed by atoms with Gasteiger partial charge in [-0.2, -0.15) is 5.10 Å². The Balaban J connectivity index is 1.66. The molecule has 0 saturated carbocycles. The Morgan fingerprint density at radius 2 is 1.83 bits per heavy atom. The molecule has 1 aliphatic heterocycles. The van der Waals surface area contributed by atoms with Gasteiger partial charge in [0, 0.05) is 24.0 Å². The number of aromatic nitrogens is 5. The van der Waals surface area contributed by atoms with E-state index in [1.54, 1.807) is 18.2 Å². The lowest BCUT2D eigenvalue weighted by molar-refractivity contribution is -0.0308. The van der Waals surface area contributed by atoms with Crippen molar-refractivity contribution in [3.05, 3.63) is 52.9 Å². The summed E-state index contributed by atoms with van der Waals surface area (Å²) in [6.45, 7) is 4.45. The maximum atomic E-state index is 12.5. The van der Waals surface area contributed by atoms with Gasteiger partial charge in [0.1, 0.15) is 23.4 Å². The number of sulfone groups is 1. The summed E-state index contributed by atoms with van der Waals surface area (Å²) in [6.07, 6.45) is 3.89. The average Bonchev–Trinajstić information content (AvgIpc) is 3.17. The van der Waals surface area contributed by atoms with Crippen LogP contribution in [0.4, 0.5) is 23.0 Å². The lowest BCUT2D eigenvalue weighted by Crippen LogP contribution is -2.19. The average molecular weight is 528 g/mol. The van der Waals surface area contributed by atoms with E-state index in [1.165, 1.54) is 6.07 Å². The smallest absolute Gasteiger partial charge is 0.177 e. The predicted octanol–water partition coefficient (Wildman–Crippen LogP) is 5.08. The van der Waals surface area contributed by atoms with Crippen LogP contribution in [0.15, 0.2) is 41.3 Å². The lowest BCUT2D eigenvalue weighted by atomic mass is 10.2. The summed E-state index contributed by atoms with van der Waals surface area (Å²) in [5.74, 6) is 1.77. The van der Waals surface area contributed by atoms with Crippen molar-refractivity contribution in [1.29, 1.82) is 0 Å².